The Kier molecular flexibility index (Phi) is 6.26. The number of aromatic amines is 1. The molecule has 4 nitrogen and oxygen atoms in total. The third kappa shape index (κ3) is 4.02. The molecule has 1 unspecified atom stereocenters. The van der Waals surface area contributed by atoms with E-state index in [2.05, 4.69) is 26.5 Å². The average molecular weight is 341 g/mol. The van der Waals surface area contributed by atoms with Gasteiger partial charge in [-0.25, -0.2) is 0 Å². The molecule has 1 saturated heterocycles. The summed E-state index contributed by atoms with van der Waals surface area (Å²) in [5.41, 5.74) is 3.40. The van der Waals surface area contributed by atoms with E-state index in [1.54, 1.807) is 0 Å². The molecule has 1 fully saturated rings. The maximum atomic E-state index is 6.09. The molecule has 1 aromatic carbocycles. The second kappa shape index (κ2) is 7.97. The highest BCUT2D eigenvalue weighted by atomic mass is 35.5. The first-order chi connectivity index (χ1) is 10.3. The summed E-state index contributed by atoms with van der Waals surface area (Å²) in [6, 6.07) is 8.50. The molecule has 0 saturated carbocycles. The van der Waals surface area contributed by atoms with Gasteiger partial charge in [-0.1, -0.05) is 23.7 Å². The van der Waals surface area contributed by atoms with E-state index >= 15 is 0 Å². The Morgan fingerprint density at radius 2 is 2.32 bits per heavy atom. The van der Waals surface area contributed by atoms with Crippen LogP contribution < -0.4 is 5.32 Å². The number of rotatable bonds is 4. The van der Waals surface area contributed by atoms with Crippen LogP contribution in [0.15, 0.2) is 30.5 Å². The first-order valence-corrected chi connectivity index (χ1v) is 7.82. The Hall–Kier alpha value is -1.07. The highest BCUT2D eigenvalue weighted by Crippen LogP contribution is 2.25. The Balaban J connectivity index is 0.00000176. The minimum atomic E-state index is 0. The van der Waals surface area contributed by atoms with Crippen LogP contribution in [0.25, 0.3) is 11.3 Å². The van der Waals surface area contributed by atoms with E-state index in [0.29, 0.717) is 6.04 Å². The fourth-order valence-corrected chi connectivity index (χ4v) is 3.19. The summed E-state index contributed by atoms with van der Waals surface area (Å²) in [6.45, 7) is 3.17. The van der Waals surface area contributed by atoms with Gasteiger partial charge in [0.15, 0.2) is 0 Å². The number of benzene rings is 1. The topological polar surface area (TPSA) is 44.0 Å². The second-order valence-electron chi connectivity index (χ2n) is 5.64. The second-order valence-corrected chi connectivity index (χ2v) is 6.08. The van der Waals surface area contributed by atoms with Crippen molar-refractivity contribution < 1.29 is 0 Å². The van der Waals surface area contributed by atoms with Crippen LogP contribution >= 0.6 is 24.0 Å². The van der Waals surface area contributed by atoms with Crippen LogP contribution in [0.2, 0.25) is 5.02 Å². The highest BCUT2D eigenvalue weighted by Gasteiger charge is 2.20. The summed E-state index contributed by atoms with van der Waals surface area (Å²) in [5, 5.41) is 11.5. The van der Waals surface area contributed by atoms with Crippen LogP contribution in [-0.4, -0.2) is 41.3 Å². The van der Waals surface area contributed by atoms with Crippen molar-refractivity contribution in [2.75, 3.05) is 20.1 Å². The van der Waals surface area contributed by atoms with E-state index < -0.39 is 0 Å². The zero-order chi connectivity index (χ0) is 14.7. The zero-order valence-corrected chi connectivity index (χ0v) is 14.3. The maximum Gasteiger partial charge on any atom is 0.0695 e. The maximum absolute atomic E-state index is 6.09. The molecule has 1 atom stereocenters. The van der Waals surface area contributed by atoms with E-state index in [1.165, 1.54) is 18.4 Å². The van der Waals surface area contributed by atoms with Crippen molar-refractivity contribution in [2.24, 2.45) is 0 Å². The first kappa shape index (κ1) is 17.3. The van der Waals surface area contributed by atoms with Gasteiger partial charge in [-0.15, -0.1) is 12.4 Å². The van der Waals surface area contributed by atoms with Crippen LogP contribution in [0.5, 0.6) is 0 Å². The standard InChI is InChI=1S/C16H21ClN4.ClH/c1-18-15-6-3-7-21(11-15)10-13-9-19-20-16(13)12-4-2-5-14(17)8-12;/h2,4-5,8-9,15,18H,3,6-7,10-11H2,1H3,(H,19,20);1H. The Morgan fingerprint density at radius 3 is 3.09 bits per heavy atom. The average Bonchev–Trinajstić information content (AvgIpc) is 2.95. The minimum absolute atomic E-state index is 0. The molecule has 120 valence electrons. The monoisotopic (exact) mass is 340 g/mol. The number of aromatic nitrogens is 2. The fraction of sp³-hybridized carbons (Fsp3) is 0.438. The van der Waals surface area contributed by atoms with Crippen molar-refractivity contribution in [2.45, 2.75) is 25.4 Å². The number of halogens is 2. The molecular weight excluding hydrogens is 319 g/mol. The molecule has 0 spiro atoms. The number of hydrogen-bond donors (Lipinski definition) is 2. The lowest BCUT2D eigenvalue weighted by atomic mass is 10.0. The largest absolute Gasteiger partial charge is 0.316 e. The SMILES string of the molecule is CNC1CCCN(Cc2cn[nH]c2-c2cccc(Cl)c2)C1.Cl. The van der Waals surface area contributed by atoms with Gasteiger partial charge in [-0.2, -0.15) is 5.10 Å². The lowest BCUT2D eigenvalue weighted by Gasteiger charge is -2.32. The number of nitrogens with one attached hydrogen (secondary N) is 2. The Morgan fingerprint density at radius 1 is 1.45 bits per heavy atom. The molecule has 2 aromatic rings. The van der Waals surface area contributed by atoms with Crippen molar-refractivity contribution in [3.05, 3.63) is 41.0 Å². The number of H-pyrrole nitrogens is 1. The van der Waals surface area contributed by atoms with Crippen LogP contribution in [0.3, 0.4) is 0 Å². The summed E-state index contributed by atoms with van der Waals surface area (Å²) >= 11 is 6.09. The molecule has 0 radical (unpaired) electrons. The summed E-state index contributed by atoms with van der Waals surface area (Å²) in [7, 11) is 2.05. The highest BCUT2D eigenvalue weighted by molar-refractivity contribution is 6.30. The molecule has 1 aliphatic rings. The molecule has 1 aromatic heterocycles. The van der Waals surface area contributed by atoms with Crippen molar-refractivity contribution in [1.29, 1.82) is 0 Å². The lowest BCUT2D eigenvalue weighted by molar-refractivity contribution is 0.188. The van der Waals surface area contributed by atoms with E-state index in [-0.39, 0.29) is 12.4 Å². The summed E-state index contributed by atoms with van der Waals surface area (Å²) in [4.78, 5) is 2.49. The first-order valence-electron chi connectivity index (χ1n) is 7.44. The summed E-state index contributed by atoms with van der Waals surface area (Å²) in [6.07, 6.45) is 4.44. The van der Waals surface area contributed by atoms with Crippen molar-refractivity contribution >= 4 is 24.0 Å². The molecular formula is C16H22Cl2N4. The Labute approximate surface area is 142 Å². The van der Waals surface area contributed by atoms with Gasteiger partial charge < -0.3 is 5.32 Å². The van der Waals surface area contributed by atoms with Crippen LogP contribution in [0.1, 0.15) is 18.4 Å². The molecule has 0 bridgehead atoms. The van der Waals surface area contributed by atoms with E-state index in [0.717, 1.165) is 35.9 Å². The van der Waals surface area contributed by atoms with Crippen LogP contribution in [0, 0.1) is 0 Å². The van der Waals surface area contributed by atoms with Crippen molar-refractivity contribution in [3.63, 3.8) is 0 Å². The van der Waals surface area contributed by atoms with Gasteiger partial charge in [0.1, 0.15) is 0 Å². The van der Waals surface area contributed by atoms with Gasteiger partial charge in [0, 0.05) is 35.3 Å². The number of piperidine rings is 1. The predicted octanol–water partition coefficient (Wildman–Crippen LogP) is 3.34. The fourth-order valence-electron chi connectivity index (χ4n) is 3.00. The number of likely N-dealkylation sites (tertiary alicyclic amines) is 1. The van der Waals surface area contributed by atoms with Gasteiger partial charge in [-0.3, -0.25) is 10.00 Å². The molecule has 2 heterocycles. The molecule has 0 aliphatic carbocycles. The predicted molar refractivity (Wildman–Crippen MR) is 93.6 cm³/mol. The Bertz CT molecular complexity index is 599. The molecule has 6 heteroatoms. The molecule has 2 N–H and O–H groups in total. The van der Waals surface area contributed by atoms with Crippen LogP contribution in [-0.2, 0) is 6.54 Å². The van der Waals surface area contributed by atoms with Gasteiger partial charge >= 0.3 is 0 Å². The third-order valence-electron chi connectivity index (χ3n) is 4.14. The lowest BCUT2D eigenvalue weighted by Crippen LogP contribution is -2.43. The summed E-state index contributed by atoms with van der Waals surface area (Å²) < 4.78 is 0. The number of nitrogens with zero attached hydrogens (tertiary/aromatic N) is 2. The van der Waals surface area contributed by atoms with E-state index in [4.69, 9.17) is 11.6 Å². The van der Waals surface area contributed by atoms with Gasteiger partial charge in [0.2, 0.25) is 0 Å². The van der Waals surface area contributed by atoms with E-state index in [9.17, 15) is 0 Å². The van der Waals surface area contributed by atoms with Gasteiger partial charge in [0.25, 0.3) is 0 Å². The quantitative estimate of drug-likeness (QED) is 0.897. The molecule has 3 rings (SSSR count). The third-order valence-corrected chi connectivity index (χ3v) is 4.37. The van der Waals surface area contributed by atoms with E-state index in [1.807, 2.05) is 31.4 Å². The molecule has 22 heavy (non-hydrogen) atoms. The summed E-state index contributed by atoms with van der Waals surface area (Å²) in [5.74, 6) is 0. The minimum Gasteiger partial charge on any atom is -0.316 e. The number of hydrogen-bond acceptors (Lipinski definition) is 3. The number of likely N-dealkylation sites (N-methyl/N-ethyl adjacent to an activating group) is 1. The van der Waals surface area contributed by atoms with Gasteiger partial charge in [0.05, 0.1) is 11.9 Å². The molecule has 0 amide bonds. The van der Waals surface area contributed by atoms with Crippen LogP contribution in [0.4, 0.5) is 0 Å². The zero-order valence-electron chi connectivity index (χ0n) is 12.7. The van der Waals surface area contributed by atoms with Gasteiger partial charge in [-0.05, 0) is 38.6 Å². The van der Waals surface area contributed by atoms with Crippen molar-refractivity contribution in [1.82, 2.24) is 20.4 Å². The van der Waals surface area contributed by atoms with Crippen molar-refractivity contribution in [3.8, 4) is 11.3 Å². The smallest absolute Gasteiger partial charge is 0.0695 e. The normalized spacial score (nSPS) is 18.9. The molecule has 1 aliphatic heterocycles.